The summed E-state index contributed by atoms with van der Waals surface area (Å²) in [5.74, 6) is 0.362. The number of carbonyl (C=O) groups is 1. The first kappa shape index (κ1) is 15.9. The fourth-order valence-corrected chi connectivity index (χ4v) is 3.89. The minimum atomic E-state index is -0.340. The molecule has 1 aromatic carbocycles. The van der Waals surface area contributed by atoms with Crippen molar-refractivity contribution in [3.05, 3.63) is 46.8 Å². The lowest BCUT2D eigenvalue weighted by Gasteiger charge is -2.38. The standard InChI is InChI=1S/C18H20N2O2S/c1-18(9-16(19)20(2)17(22)10-18)13-5-3-4-12(8-13)15-7-6-14(11-21)23-15/h3-8,19,21H,9-11H2,1-2H3/t18-/m0/s1. The van der Waals surface area contributed by atoms with Gasteiger partial charge in [-0.05, 0) is 29.3 Å². The van der Waals surface area contributed by atoms with Crippen molar-refractivity contribution >= 4 is 23.1 Å². The van der Waals surface area contributed by atoms with Gasteiger partial charge >= 0.3 is 0 Å². The van der Waals surface area contributed by atoms with E-state index in [2.05, 4.69) is 13.0 Å². The van der Waals surface area contributed by atoms with Crippen LogP contribution in [0.3, 0.4) is 0 Å². The summed E-state index contributed by atoms with van der Waals surface area (Å²) >= 11 is 1.57. The van der Waals surface area contributed by atoms with Crippen molar-refractivity contribution in [3.8, 4) is 10.4 Å². The van der Waals surface area contributed by atoms with E-state index in [9.17, 15) is 9.90 Å². The van der Waals surface area contributed by atoms with Crippen LogP contribution in [0.1, 0.15) is 30.2 Å². The Bertz CT molecular complexity index is 748. The molecule has 4 nitrogen and oxygen atoms in total. The first-order valence-electron chi connectivity index (χ1n) is 7.57. The van der Waals surface area contributed by atoms with E-state index in [1.54, 1.807) is 18.4 Å². The molecule has 3 rings (SSSR count). The molecule has 1 aromatic heterocycles. The molecule has 2 N–H and O–H groups in total. The summed E-state index contributed by atoms with van der Waals surface area (Å²) in [4.78, 5) is 15.6. The molecule has 0 spiro atoms. The molecular weight excluding hydrogens is 308 g/mol. The lowest BCUT2D eigenvalue weighted by molar-refractivity contribution is -0.128. The zero-order chi connectivity index (χ0) is 16.6. The molecule has 0 unspecified atom stereocenters. The van der Waals surface area contributed by atoms with Gasteiger partial charge in [0.25, 0.3) is 0 Å². The monoisotopic (exact) mass is 328 g/mol. The zero-order valence-electron chi connectivity index (χ0n) is 13.3. The van der Waals surface area contributed by atoms with E-state index >= 15 is 0 Å². The van der Waals surface area contributed by atoms with Crippen molar-refractivity contribution in [1.82, 2.24) is 4.90 Å². The fourth-order valence-electron chi connectivity index (χ4n) is 3.02. The van der Waals surface area contributed by atoms with E-state index in [1.165, 1.54) is 4.90 Å². The minimum Gasteiger partial charge on any atom is -0.391 e. The van der Waals surface area contributed by atoms with E-state index in [4.69, 9.17) is 5.41 Å². The van der Waals surface area contributed by atoms with Crippen LogP contribution in [0.15, 0.2) is 36.4 Å². The number of hydrogen-bond donors (Lipinski definition) is 2. The van der Waals surface area contributed by atoms with Crippen molar-refractivity contribution in [2.45, 2.75) is 31.8 Å². The first-order valence-corrected chi connectivity index (χ1v) is 8.39. The van der Waals surface area contributed by atoms with Gasteiger partial charge in [-0.3, -0.25) is 10.2 Å². The maximum atomic E-state index is 12.1. The van der Waals surface area contributed by atoms with Crippen LogP contribution in [-0.4, -0.2) is 28.8 Å². The Morgan fingerprint density at radius 3 is 2.74 bits per heavy atom. The van der Waals surface area contributed by atoms with Gasteiger partial charge in [-0.25, -0.2) is 0 Å². The number of amidine groups is 1. The highest BCUT2D eigenvalue weighted by Gasteiger charge is 2.38. The van der Waals surface area contributed by atoms with Gasteiger partial charge in [0, 0.05) is 35.1 Å². The second-order valence-electron chi connectivity index (χ2n) is 6.32. The highest BCUT2D eigenvalue weighted by Crippen LogP contribution is 2.38. The summed E-state index contributed by atoms with van der Waals surface area (Å²) in [7, 11) is 1.67. The van der Waals surface area contributed by atoms with E-state index in [-0.39, 0.29) is 17.9 Å². The topological polar surface area (TPSA) is 64.4 Å². The fraction of sp³-hybridized carbons (Fsp3) is 0.333. The number of piperidine rings is 1. The quantitative estimate of drug-likeness (QED) is 0.907. The summed E-state index contributed by atoms with van der Waals surface area (Å²) in [5, 5.41) is 17.3. The predicted octanol–water partition coefficient (Wildman–Crippen LogP) is 3.39. The molecule has 2 heterocycles. The van der Waals surface area contributed by atoms with Crippen molar-refractivity contribution in [2.24, 2.45) is 0 Å². The number of thiophene rings is 1. The van der Waals surface area contributed by atoms with E-state index < -0.39 is 0 Å². The Kier molecular flexibility index (Phi) is 4.08. The second kappa shape index (κ2) is 5.91. The Labute approximate surface area is 139 Å². The molecule has 120 valence electrons. The summed E-state index contributed by atoms with van der Waals surface area (Å²) in [6, 6.07) is 12.1. The lowest BCUT2D eigenvalue weighted by Crippen LogP contribution is -2.46. The number of carbonyl (C=O) groups excluding carboxylic acids is 1. The van der Waals surface area contributed by atoms with Crippen molar-refractivity contribution in [1.29, 1.82) is 5.41 Å². The number of nitrogens with one attached hydrogen (secondary N) is 1. The van der Waals surface area contributed by atoms with Crippen molar-refractivity contribution in [3.63, 3.8) is 0 Å². The Morgan fingerprint density at radius 1 is 1.30 bits per heavy atom. The maximum absolute atomic E-state index is 12.1. The number of aliphatic hydroxyl groups is 1. The number of rotatable bonds is 3. The minimum absolute atomic E-state index is 0.00663. The average molecular weight is 328 g/mol. The largest absolute Gasteiger partial charge is 0.391 e. The summed E-state index contributed by atoms with van der Waals surface area (Å²) in [6.07, 6.45) is 0.979. The normalized spacial score (nSPS) is 21.8. The molecule has 1 saturated heterocycles. The summed E-state index contributed by atoms with van der Waals surface area (Å²) in [6.45, 7) is 2.11. The van der Waals surface area contributed by atoms with E-state index in [1.807, 2.05) is 30.3 Å². The average Bonchev–Trinajstić information content (AvgIpc) is 3.02. The van der Waals surface area contributed by atoms with Gasteiger partial charge in [-0.1, -0.05) is 25.1 Å². The molecule has 5 heteroatoms. The lowest BCUT2D eigenvalue weighted by atomic mass is 9.73. The first-order chi connectivity index (χ1) is 10.9. The van der Waals surface area contributed by atoms with Crippen LogP contribution in [0.2, 0.25) is 0 Å². The van der Waals surface area contributed by atoms with Crippen LogP contribution in [0.25, 0.3) is 10.4 Å². The van der Waals surface area contributed by atoms with Gasteiger partial charge in [0.2, 0.25) is 5.91 Å². The number of amides is 1. The molecule has 1 amide bonds. The SMILES string of the molecule is CN1C(=N)C[C@](C)(c2cccc(-c3ccc(CO)s3)c2)CC1=O. The van der Waals surface area contributed by atoms with Crippen molar-refractivity contribution in [2.75, 3.05) is 7.05 Å². The Balaban J connectivity index is 1.96. The third-order valence-corrected chi connectivity index (χ3v) is 5.66. The summed E-state index contributed by atoms with van der Waals surface area (Å²) in [5.41, 5.74) is 1.83. The number of nitrogens with zero attached hydrogens (tertiary/aromatic N) is 1. The molecule has 1 fully saturated rings. The smallest absolute Gasteiger partial charge is 0.228 e. The van der Waals surface area contributed by atoms with Crippen molar-refractivity contribution < 1.29 is 9.90 Å². The summed E-state index contributed by atoms with van der Waals surface area (Å²) < 4.78 is 0. The van der Waals surface area contributed by atoms with Crippen LogP contribution >= 0.6 is 11.3 Å². The number of aliphatic hydroxyl groups excluding tert-OH is 1. The molecule has 0 aliphatic carbocycles. The molecule has 1 aliphatic rings. The van der Waals surface area contributed by atoms with Gasteiger partial charge in [0.1, 0.15) is 5.84 Å². The van der Waals surface area contributed by atoms with Crippen LogP contribution in [-0.2, 0) is 16.8 Å². The predicted molar refractivity (Wildman–Crippen MR) is 92.8 cm³/mol. The zero-order valence-corrected chi connectivity index (χ0v) is 14.1. The van der Waals surface area contributed by atoms with Gasteiger partial charge < -0.3 is 10.0 Å². The molecule has 0 saturated carbocycles. The molecule has 0 bridgehead atoms. The Morgan fingerprint density at radius 2 is 2.09 bits per heavy atom. The van der Waals surface area contributed by atoms with Crippen LogP contribution in [0.4, 0.5) is 0 Å². The number of benzene rings is 1. The van der Waals surface area contributed by atoms with Gasteiger partial charge in [0.15, 0.2) is 0 Å². The molecular formula is C18H20N2O2S. The van der Waals surface area contributed by atoms with Crippen LogP contribution < -0.4 is 0 Å². The van der Waals surface area contributed by atoms with Crippen LogP contribution in [0.5, 0.6) is 0 Å². The maximum Gasteiger partial charge on any atom is 0.228 e. The number of hydrogen-bond acceptors (Lipinski definition) is 4. The van der Waals surface area contributed by atoms with E-state index in [0.29, 0.717) is 18.7 Å². The molecule has 1 aliphatic heterocycles. The van der Waals surface area contributed by atoms with Gasteiger partial charge in [0.05, 0.1) is 6.61 Å². The molecule has 23 heavy (non-hydrogen) atoms. The highest BCUT2D eigenvalue weighted by molar-refractivity contribution is 7.15. The molecule has 0 radical (unpaired) electrons. The number of likely N-dealkylation sites (tertiary alicyclic amines) is 1. The van der Waals surface area contributed by atoms with Crippen LogP contribution in [0, 0.1) is 5.41 Å². The molecule has 2 aromatic rings. The van der Waals surface area contributed by atoms with Gasteiger partial charge in [-0.15, -0.1) is 11.3 Å². The third kappa shape index (κ3) is 2.94. The van der Waals surface area contributed by atoms with E-state index in [0.717, 1.165) is 20.9 Å². The highest BCUT2D eigenvalue weighted by atomic mass is 32.1. The van der Waals surface area contributed by atoms with Gasteiger partial charge in [-0.2, -0.15) is 0 Å². The second-order valence-corrected chi connectivity index (χ2v) is 7.49. The third-order valence-electron chi connectivity index (χ3n) is 4.54. The molecule has 1 atom stereocenters. The Hall–Kier alpha value is -1.98.